The minimum atomic E-state index is -0.209. The SMILES string of the molecule is OC1CCN(c2cc(-c3ccccc3)nc(-n3ccc4ccccc43)n2)CC1. The quantitative estimate of drug-likeness (QED) is 0.591. The van der Waals surface area contributed by atoms with E-state index in [1.807, 2.05) is 41.1 Å². The number of hydrogen-bond donors (Lipinski definition) is 1. The fraction of sp³-hybridized carbons (Fsp3) is 0.217. The van der Waals surface area contributed by atoms with Crippen LogP contribution in [0.15, 0.2) is 72.9 Å². The summed E-state index contributed by atoms with van der Waals surface area (Å²) in [5, 5.41) is 11.0. The first-order valence-corrected chi connectivity index (χ1v) is 9.72. The highest BCUT2D eigenvalue weighted by Gasteiger charge is 2.20. The van der Waals surface area contributed by atoms with Gasteiger partial charge in [0.25, 0.3) is 0 Å². The molecule has 0 radical (unpaired) electrons. The molecule has 1 aliphatic rings. The number of benzene rings is 2. The van der Waals surface area contributed by atoms with E-state index in [-0.39, 0.29) is 6.10 Å². The summed E-state index contributed by atoms with van der Waals surface area (Å²) >= 11 is 0. The minimum Gasteiger partial charge on any atom is -0.393 e. The molecule has 2 aromatic carbocycles. The highest BCUT2D eigenvalue weighted by molar-refractivity contribution is 5.81. The average Bonchev–Trinajstić information content (AvgIpc) is 3.19. The Morgan fingerprint density at radius 1 is 0.857 bits per heavy atom. The molecular weight excluding hydrogens is 348 g/mol. The summed E-state index contributed by atoms with van der Waals surface area (Å²) in [7, 11) is 0. The number of aliphatic hydroxyl groups excluding tert-OH is 1. The Kier molecular flexibility index (Phi) is 4.29. The molecule has 1 fully saturated rings. The maximum atomic E-state index is 9.87. The summed E-state index contributed by atoms with van der Waals surface area (Å²) in [5.74, 6) is 1.58. The molecule has 0 atom stereocenters. The fourth-order valence-electron chi connectivity index (χ4n) is 3.80. The Morgan fingerprint density at radius 2 is 1.61 bits per heavy atom. The van der Waals surface area contributed by atoms with E-state index in [0.717, 1.165) is 48.5 Å². The third-order valence-electron chi connectivity index (χ3n) is 5.37. The van der Waals surface area contributed by atoms with Gasteiger partial charge in [0, 0.05) is 36.3 Å². The first-order valence-electron chi connectivity index (χ1n) is 9.72. The molecule has 28 heavy (non-hydrogen) atoms. The summed E-state index contributed by atoms with van der Waals surface area (Å²) in [6, 6.07) is 22.6. The predicted molar refractivity (Wildman–Crippen MR) is 112 cm³/mol. The van der Waals surface area contributed by atoms with Crippen LogP contribution in [0.4, 0.5) is 5.82 Å². The van der Waals surface area contributed by atoms with Crippen molar-refractivity contribution in [2.24, 2.45) is 0 Å². The molecule has 0 spiro atoms. The molecule has 1 aliphatic heterocycles. The molecule has 5 nitrogen and oxygen atoms in total. The molecule has 0 saturated carbocycles. The number of para-hydroxylation sites is 1. The summed E-state index contributed by atoms with van der Waals surface area (Å²) < 4.78 is 2.05. The van der Waals surface area contributed by atoms with E-state index in [1.54, 1.807) is 0 Å². The van der Waals surface area contributed by atoms with Crippen LogP contribution in [0.2, 0.25) is 0 Å². The van der Waals surface area contributed by atoms with Crippen molar-refractivity contribution in [1.82, 2.24) is 14.5 Å². The molecule has 3 heterocycles. The largest absolute Gasteiger partial charge is 0.393 e. The van der Waals surface area contributed by atoms with Crippen LogP contribution in [0.3, 0.4) is 0 Å². The lowest BCUT2D eigenvalue weighted by atomic mass is 10.1. The number of aromatic nitrogens is 3. The van der Waals surface area contributed by atoms with Gasteiger partial charge >= 0.3 is 0 Å². The molecule has 2 aromatic heterocycles. The van der Waals surface area contributed by atoms with E-state index < -0.39 is 0 Å². The topological polar surface area (TPSA) is 54.2 Å². The molecular formula is C23H22N4O. The second kappa shape index (κ2) is 7.09. The molecule has 1 saturated heterocycles. The van der Waals surface area contributed by atoms with Crippen LogP contribution in [0, 0.1) is 0 Å². The highest BCUT2D eigenvalue weighted by Crippen LogP contribution is 2.27. The van der Waals surface area contributed by atoms with Crippen molar-refractivity contribution in [1.29, 1.82) is 0 Å². The molecule has 4 aromatic rings. The van der Waals surface area contributed by atoms with Crippen molar-refractivity contribution >= 4 is 16.7 Å². The zero-order chi connectivity index (χ0) is 18.9. The van der Waals surface area contributed by atoms with E-state index >= 15 is 0 Å². The lowest BCUT2D eigenvalue weighted by Gasteiger charge is -2.30. The third-order valence-corrected chi connectivity index (χ3v) is 5.37. The molecule has 140 valence electrons. The molecule has 1 N–H and O–H groups in total. The van der Waals surface area contributed by atoms with Crippen LogP contribution >= 0.6 is 0 Å². The number of fused-ring (bicyclic) bond motifs is 1. The number of piperidine rings is 1. The molecule has 0 amide bonds. The first-order chi connectivity index (χ1) is 13.8. The summed E-state index contributed by atoms with van der Waals surface area (Å²) in [6.45, 7) is 1.61. The Hall–Kier alpha value is -3.18. The number of rotatable bonds is 3. The van der Waals surface area contributed by atoms with Crippen LogP contribution in [-0.4, -0.2) is 38.8 Å². The van der Waals surface area contributed by atoms with Crippen LogP contribution in [0.1, 0.15) is 12.8 Å². The van der Waals surface area contributed by atoms with Crippen LogP contribution < -0.4 is 4.90 Å². The summed E-state index contributed by atoms with van der Waals surface area (Å²) in [4.78, 5) is 12.0. The van der Waals surface area contributed by atoms with Crippen molar-refractivity contribution in [3.8, 4) is 17.2 Å². The zero-order valence-electron chi connectivity index (χ0n) is 15.6. The maximum Gasteiger partial charge on any atom is 0.236 e. The smallest absolute Gasteiger partial charge is 0.236 e. The lowest BCUT2D eigenvalue weighted by molar-refractivity contribution is 0.145. The van der Waals surface area contributed by atoms with Gasteiger partial charge < -0.3 is 10.0 Å². The monoisotopic (exact) mass is 370 g/mol. The number of nitrogens with zero attached hydrogens (tertiary/aromatic N) is 4. The van der Waals surface area contributed by atoms with Gasteiger partial charge in [-0.15, -0.1) is 0 Å². The van der Waals surface area contributed by atoms with Gasteiger partial charge in [0.15, 0.2) is 0 Å². The Morgan fingerprint density at radius 3 is 2.43 bits per heavy atom. The Labute approximate surface area is 163 Å². The van der Waals surface area contributed by atoms with Gasteiger partial charge in [-0.25, -0.2) is 4.98 Å². The molecule has 0 aliphatic carbocycles. The van der Waals surface area contributed by atoms with Crippen molar-refractivity contribution in [2.75, 3.05) is 18.0 Å². The number of hydrogen-bond acceptors (Lipinski definition) is 4. The van der Waals surface area contributed by atoms with E-state index in [4.69, 9.17) is 9.97 Å². The van der Waals surface area contributed by atoms with E-state index in [9.17, 15) is 5.11 Å². The number of aliphatic hydroxyl groups is 1. The van der Waals surface area contributed by atoms with Gasteiger partial charge in [0.1, 0.15) is 5.82 Å². The average molecular weight is 370 g/mol. The molecule has 0 bridgehead atoms. The van der Waals surface area contributed by atoms with Crippen molar-refractivity contribution in [3.63, 3.8) is 0 Å². The third kappa shape index (κ3) is 3.14. The minimum absolute atomic E-state index is 0.209. The van der Waals surface area contributed by atoms with Gasteiger partial charge in [-0.3, -0.25) is 4.57 Å². The second-order valence-electron chi connectivity index (χ2n) is 7.24. The Bertz CT molecular complexity index is 1100. The Balaban J connectivity index is 1.65. The molecule has 0 unspecified atom stereocenters. The fourth-order valence-corrected chi connectivity index (χ4v) is 3.80. The van der Waals surface area contributed by atoms with Crippen LogP contribution in [0.25, 0.3) is 28.1 Å². The van der Waals surface area contributed by atoms with Gasteiger partial charge in [-0.1, -0.05) is 48.5 Å². The first kappa shape index (κ1) is 17.0. The molecule has 5 rings (SSSR count). The standard InChI is InChI=1S/C23H22N4O/c28-19-11-13-26(14-12-19)22-16-20(17-6-2-1-3-7-17)24-23(25-22)27-15-10-18-8-4-5-9-21(18)27/h1-10,15-16,19,28H,11-14H2. The summed E-state index contributed by atoms with van der Waals surface area (Å²) in [6.07, 6.45) is 3.36. The van der Waals surface area contributed by atoms with E-state index in [2.05, 4.69) is 41.3 Å². The van der Waals surface area contributed by atoms with Crippen molar-refractivity contribution < 1.29 is 5.11 Å². The maximum absolute atomic E-state index is 9.87. The van der Waals surface area contributed by atoms with Gasteiger partial charge in [0.2, 0.25) is 5.95 Å². The van der Waals surface area contributed by atoms with Crippen LogP contribution in [-0.2, 0) is 0 Å². The van der Waals surface area contributed by atoms with Crippen molar-refractivity contribution in [2.45, 2.75) is 18.9 Å². The van der Waals surface area contributed by atoms with Gasteiger partial charge in [0.05, 0.1) is 17.3 Å². The van der Waals surface area contributed by atoms with Gasteiger partial charge in [-0.05, 0) is 25.0 Å². The lowest BCUT2D eigenvalue weighted by Crippen LogP contribution is -2.36. The second-order valence-corrected chi connectivity index (χ2v) is 7.24. The summed E-state index contributed by atoms with van der Waals surface area (Å²) in [5.41, 5.74) is 3.07. The predicted octanol–water partition coefficient (Wildman–Crippen LogP) is 4.05. The molecule has 5 heteroatoms. The van der Waals surface area contributed by atoms with E-state index in [0.29, 0.717) is 5.95 Å². The van der Waals surface area contributed by atoms with Gasteiger partial charge in [-0.2, -0.15) is 4.98 Å². The van der Waals surface area contributed by atoms with Crippen molar-refractivity contribution in [3.05, 3.63) is 72.9 Å². The van der Waals surface area contributed by atoms with Crippen LogP contribution in [0.5, 0.6) is 0 Å². The number of anilines is 1. The normalized spacial score (nSPS) is 15.2. The highest BCUT2D eigenvalue weighted by atomic mass is 16.3. The van der Waals surface area contributed by atoms with E-state index in [1.165, 1.54) is 5.39 Å². The zero-order valence-corrected chi connectivity index (χ0v) is 15.6.